The monoisotopic (exact) mass is 348 g/mol. The van der Waals surface area contributed by atoms with E-state index in [4.69, 9.17) is 0 Å². The summed E-state index contributed by atoms with van der Waals surface area (Å²) in [5.74, 6) is 1.20. The average Bonchev–Trinajstić information content (AvgIpc) is 3.45. The molecule has 2 N–H and O–H groups in total. The minimum atomic E-state index is -0.134. The molecular weight excluding hydrogens is 328 g/mol. The number of hydrogen-bond acceptors (Lipinski definition) is 5. The molecule has 0 saturated heterocycles. The van der Waals surface area contributed by atoms with Gasteiger partial charge < -0.3 is 10.6 Å². The molecule has 2 amide bonds. The maximum absolute atomic E-state index is 12.3. The Labute approximate surface area is 143 Å². The molecule has 0 bridgehead atoms. The van der Waals surface area contributed by atoms with Gasteiger partial charge in [-0.2, -0.15) is 0 Å². The number of amides is 2. The second-order valence-electron chi connectivity index (χ2n) is 6.41. The summed E-state index contributed by atoms with van der Waals surface area (Å²) in [5.41, 5.74) is 0.962. The predicted octanol–water partition coefficient (Wildman–Crippen LogP) is 3.99. The molecule has 2 heterocycles. The lowest BCUT2D eigenvalue weighted by atomic mass is 10.2. The van der Waals surface area contributed by atoms with Crippen LogP contribution in [0.4, 0.5) is 4.79 Å². The first kappa shape index (κ1) is 15.1. The third kappa shape index (κ3) is 3.55. The number of rotatable bonds is 6. The molecule has 2 aliphatic rings. The molecule has 4 rings (SSSR count). The molecule has 0 aromatic carbocycles. The van der Waals surface area contributed by atoms with E-state index in [1.807, 2.05) is 12.3 Å². The first-order valence-electron chi connectivity index (χ1n) is 8.12. The van der Waals surface area contributed by atoms with Gasteiger partial charge in [-0.05, 0) is 38.5 Å². The zero-order chi connectivity index (χ0) is 15.8. The smallest absolute Gasteiger partial charge is 0.315 e. The standard InChI is InChI=1S/C16H20N4OS2/c1-9(12-8-23-14(19-12)11-4-5-11)18-16(21)20-13(10-2-3-10)15-17-6-7-22-15/h6-11,13H,2-5H2,1H3,(H2,18,20,21)/t9-,13+/m1/s1. The van der Waals surface area contributed by atoms with Gasteiger partial charge in [0.05, 0.1) is 22.8 Å². The molecule has 2 saturated carbocycles. The minimum Gasteiger partial charge on any atom is -0.330 e. The molecule has 0 aliphatic heterocycles. The van der Waals surface area contributed by atoms with E-state index in [1.165, 1.54) is 17.8 Å². The summed E-state index contributed by atoms with van der Waals surface area (Å²) in [5, 5.41) is 12.4. The van der Waals surface area contributed by atoms with Crippen LogP contribution in [-0.2, 0) is 0 Å². The van der Waals surface area contributed by atoms with Gasteiger partial charge >= 0.3 is 6.03 Å². The van der Waals surface area contributed by atoms with Crippen molar-refractivity contribution in [3.8, 4) is 0 Å². The normalized spacial score (nSPS) is 20.0. The Morgan fingerprint density at radius 2 is 2.09 bits per heavy atom. The molecule has 2 aromatic rings. The average molecular weight is 348 g/mol. The van der Waals surface area contributed by atoms with Gasteiger partial charge in [-0.3, -0.25) is 0 Å². The van der Waals surface area contributed by atoms with Crippen molar-refractivity contribution >= 4 is 28.7 Å². The van der Waals surface area contributed by atoms with Crippen molar-refractivity contribution in [3.05, 3.63) is 32.7 Å². The van der Waals surface area contributed by atoms with Crippen molar-refractivity contribution in [2.75, 3.05) is 0 Å². The zero-order valence-corrected chi connectivity index (χ0v) is 14.6. The molecule has 2 fully saturated rings. The highest BCUT2D eigenvalue weighted by atomic mass is 32.1. The third-order valence-electron chi connectivity index (χ3n) is 4.36. The van der Waals surface area contributed by atoms with Gasteiger partial charge in [-0.1, -0.05) is 0 Å². The Morgan fingerprint density at radius 1 is 1.26 bits per heavy atom. The summed E-state index contributed by atoms with van der Waals surface area (Å²) in [6.45, 7) is 1.99. The second-order valence-corrected chi connectivity index (χ2v) is 8.23. The number of aromatic nitrogens is 2. The molecule has 2 aromatic heterocycles. The van der Waals surface area contributed by atoms with E-state index in [0.717, 1.165) is 23.5 Å². The quantitative estimate of drug-likeness (QED) is 0.829. The first-order valence-corrected chi connectivity index (χ1v) is 9.88. The lowest BCUT2D eigenvalue weighted by molar-refractivity contribution is 0.232. The van der Waals surface area contributed by atoms with E-state index >= 15 is 0 Å². The van der Waals surface area contributed by atoms with Crippen LogP contribution in [0, 0.1) is 5.92 Å². The summed E-state index contributed by atoms with van der Waals surface area (Å²) >= 11 is 3.32. The highest BCUT2D eigenvalue weighted by Crippen LogP contribution is 2.42. The molecular formula is C16H20N4OS2. The number of carbonyl (C=O) groups is 1. The van der Waals surface area contributed by atoms with Gasteiger partial charge in [0.25, 0.3) is 0 Å². The molecule has 0 unspecified atom stereocenters. The summed E-state index contributed by atoms with van der Waals surface area (Å²) in [6, 6.07) is -0.167. The summed E-state index contributed by atoms with van der Waals surface area (Å²) in [7, 11) is 0. The molecule has 122 valence electrons. The van der Waals surface area contributed by atoms with Gasteiger partial charge in [0.1, 0.15) is 5.01 Å². The van der Waals surface area contributed by atoms with Crippen molar-refractivity contribution in [2.45, 2.75) is 50.6 Å². The van der Waals surface area contributed by atoms with Gasteiger partial charge in [-0.15, -0.1) is 22.7 Å². The van der Waals surface area contributed by atoms with Crippen LogP contribution in [0.15, 0.2) is 17.0 Å². The number of carbonyl (C=O) groups excluding carboxylic acids is 1. The van der Waals surface area contributed by atoms with E-state index in [-0.39, 0.29) is 18.1 Å². The summed E-state index contributed by atoms with van der Waals surface area (Å²) in [6.07, 6.45) is 6.64. The van der Waals surface area contributed by atoms with Crippen LogP contribution in [0.5, 0.6) is 0 Å². The number of thiazole rings is 2. The van der Waals surface area contributed by atoms with Crippen LogP contribution in [0.1, 0.15) is 66.3 Å². The number of nitrogens with one attached hydrogen (secondary N) is 2. The fraction of sp³-hybridized carbons (Fsp3) is 0.562. The number of hydrogen-bond donors (Lipinski definition) is 2. The highest BCUT2D eigenvalue weighted by molar-refractivity contribution is 7.10. The van der Waals surface area contributed by atoms with E-state index in [0.29, 0.717) is 11.8 Å². The maximum Gasteiger partial charge on any atom is 0.315 e. The molecule has 7 heteroatoms. The first-order chi connectivity index (χ1) is 11.2. The van der Waals surface area contributed by atoms with Crippen LogP contribution in [0.2, 0.25) is 0 Å². The van der Waals surface area contributed by atoms with Gasteiger partial charge in [0.15, 0.2) is 0 Å². The van der Waals surface area contributed by atoms with Crippen LogP contribution in [-0.4, -0.2) is 16.0 Å². The molecule has 0 radical (unpaired) electrons. The fourth-order valence-electron chi connectivity index (χ4n) is 2.67. The van der Waals surface area contributed by atoms with Crippen molar-refractivity contribution < 1.29 is 4.79 Å². The van der Waals surface area contributed by atoms with Gasteiger partial charge in [0.2, 0.25) is 0 Å². The molecule has 0 spiro atoms. The highest BCUT2D eigenvalue weighted by Gasteiger charge is 2.35. The third-order valence-corrected chi connectivity index (χ3v) is 6.24. The Morgan fingerprint density at radius 3 is 2.74 bits per heavy atom. The lowest BCUT2D eigenvalue weighted by Crippen LogP contribution is -2.40. The Bertz CT molecular complexity index is 676. The number of nitrogens with zero attached hydrogens (tertiary/aromatic N) is 2. The van der Waals surface area contributed by atoms with Crippen molar-refractivity contribution in [1.82, 2.24) is 20.6 Å². The van der Waals surface area contributed by atoms with Crippen molar-refractivity contribution in [3.63, 3.8) is 0 Å². The molecule has 2 aliphatic carbocycles. The lowest BCUT2D eigenvalue weighted by Gasteiger charge is -2.18. The molecule has 2 atom stereocenters. The predicted molar refractivity (Wildman–Crippen MR) is 91.8 cm³/mol. The van der Waals surface area contributed by atoms with Crippen LogP contribution in [0.25, 0.3) is 0 Å². The SMILES string of the molecule is C[C@@H](NC(=O)N[C@H](c1nccs1)C1CC1)c1csc(C2CC2)n1. The number of urea groups is 1. The molecule has 23 heavy (non-hydrogen) atoms. The van der Waals surface area contributed by atoms with E-state index in [9.17, 15) is 4.79 Å². The Kier molecular flexibility index (Phi) is 4.07. The summed E-state index contributed by atoms with van der Waals surface area (Å²) < 4.78 is 0. The van der Waals surface area contributed by atoms with Crippen LogP contribution < -0.4 is 10.6 Å². The van der Waals surface area contributed by atoms with E-state index < -0.39 is 0 Å². The topological polar surface area (TPSA) is 66.9 Å². The Hall–Kier alpha value is -1.47. The minimum absolute atomic E-state index is 0.0414. The van der Waals surface area contributed by atoms with Gasteiger partial charge in [0, 0.05) is 22.9 Å². The van der Waals surface area contributed by atoms with Crippen molar-refractivity contribution in [1.29, 1.82) is 0 Å². The van der Waals surface area contributed by atoms with Crippen LogP contribution >= 0.6 is 22.7 Å². The Balaban J connectivity index is 1.36. The zero-order valence-electron chi connectivity index (χ0n) is 13.0. The van der Waals surface area contributed by atoms with Crippen LogP contribution in [0.3, 0.4) is 0 Å². The summed E-state index contributed by atoms with van der Waals surface area (Å²) in [4.78, 5) is 21.4. The molecule has 5 nitrogen and oxygen atoms in total. The fourth-order valence-corrected chi connectivity index (χ4v) is 4.54. The maximum atomic E-state index is 12.3. The second kappa shape index (κ2) is 6.20. The van der Waals surface area contributed by atoms with Crippen molar-refractivity contribution in [2.24, 2.45) is 5.92 Å². The van der Waals surface area contributed by atoms with E-state index in [1.54, 1.807) is 28.9 Å². The van der Waals surface area contributed by atoms with Gasteiger partial charge in [-0.25, -0.2) is 14.8 Å². The largest absolute Gasteiger partial charge is 0.330 e. The van der Waals surface area contributed by atoms with E-state index in [2.05, 4.69) is 26.0 Å².